The average molecular weight is 306 g/mol. The molecule has 1 aromatic rings. The third-order valence-electron chi connectivity index (χ3n) is 2.96. The van der Waals surface area contributed by atoms with Crippen molar-refractivity contribution in [2.75, 3.05) is 29.6 Å². The quantitative estimate of drug-likeness (QED) is 0.543. The van der Waals surface area contributed by atoms with E-state index in [0.717, 1.165) is 25.3 Å². The van der Waals surface area contributed by atoms with E-state index in [0.29, 0.717) is 12.2 Å². The van der Waals surface area contributed by atoms with Gasteiger partial charge in [0.15, 0.2) is 0 Å². The SMILES string of the molecule is CSCCCCCCNc1ccc(N)c(C(F)(F)F)c1. The molecular formula is C14H21F3N2S. The van der Waals surface area contributed by atoms with E-state index >= 15 is 0 Å². The minimum atomic E-state index is -4.40. The zero-order valence-electron chi connectivity index (χ0n) is 11.6. The van der Waals surface area contributed by atoms with Crippen LogP contribution in [0, 0.1) is 0 Å². The van der Waals surface area contributed by atoms with Crippen LogP contribution in [0.2, 0.25) is 0 Å². The highest BCUT2D eigenvalue weighted by Crippen LogP contribution is 2.35. The van der Waals surface area contributed by atoms with Gasteiger partial charge in [-0.2, -0.15) is 24.9 Å². The van der Waals surface area contributed by atoms with Crippen LogP contribution in [-0.2, 0) is 6.18 Å². The third-order valence-corrected chi connectivity index (χ3v) is 3.66. The minimum Gasteiger partial charge on any atom is -0.398 e. The summed E-state index contributed by atoms with van der Waals surface area (Å²) in [5, 5.41) is 3.01. The largest absolute Gasteiger partial charge is 0.418 e. The molecule has 0 amide bonds. The molecule has 0 atom stereocenters. The number of nitrogens with one attached hydrogen (secondary N) is 1. The number of unbranched alkanes of at least 4 members (excludes halogenated alkanes) is 3. The maximum absolute atomic E-state index is 12.7. The topological polar surface area (TPSA) is 38.0 Å². The molecule has 2 nitrogen and oxygen atoms in total. The van der Waals surface area contributed by atoms with E-state index in [9.17, 15) is 13.2 Å². The smallest absolute Gasteiger partial charge is 0.398 e. The molecule has 0 spiro atoms. The fourth-order valence-electron chi connectivity index (χ4n) is 1.87. The number of thioether (sulfide) groups is 1. The number of hydrogen-bond acceptors (Lipinski definition) is 3. The lowest BCUT2D eigenvalue weighted by atomic mass is 10.1. The minimum absolute atomic E-state index is 0.236. The molecule has 0 bridgehead atoms. The fourth-order valence-corrected chi connectivity index (χ4v) is 2.36. The average Bonchev–Trinajstić information content (AvgIpc) is 2.38. The van der Waals surface area contributed by atoms with Crippen LogP contribution in [0.15, 0.2) is 18.2 Å². The number of anilines is 2. The van der Waals surface area contributed by atoms with E-state index in [-0.39, 0.29) is 5.69 Å². The molecule has 0 saturated heterocycles. The van der Waals surface area contributed by atoms with Crippen molar-refractivity contribution in [3.05, 3.63) is 23.8 Å². The molecule has 6 heteroatoms. The number of rotatable bonds is 8. The van der Waals surface area contributed by atoms with E-state index in [2.05, 4.69) is 11.6 Å². The highest BCUT2D eigenvalue weighted by Gasteiger charge is 2.33. The van der Waals surface area contributed by atoms with Gasteiger partial charge in [0.2, 0.25) is 0 Å². The molecule has 1 rings (SSSR count). The lowest BCUT2D eigenvalue weighted by Crippen LogP contribution is -2.10. The summed E-state index contributed by atoms with van der Waals surface area (Å²) in [7, 11) is 0. The first-order valence-corrected chi connectivity index (χ1v) is 8.04. The van der Waals surface area contributed by atoms with Crippen molar-refractivity contribution in [3.8, 4) is 0 Å². The second-order valence-corrected chi connectivity index (χ2v) is 5.62. The second kappa shape index (κ2) is 8.29. The number of benzene rings is 1. The van der Waals surface area contributed by atoms with Crippen LogP contribution >= 0.6 is 11.8 Å². The molecule has 1 aromatic carbocycles. The maximum Gasteiger partial charge on any atom is 0.418 e. The maximum atomic E-state index is 12.7. The van der Waals surface area contributed by atoms with Gasteiger partial charge in [-0.15, -0.1) is 0 Å². The van der Waals surface area contributed by atoms with Gasteiger partial charge in [-0.25, -0.2) is 0 Å². The van der Waals surface area contributed by atoms with Crippen LogP contribution in [0.1, 0.15) is 31.2 Å². The summed E-state index contributed by atoms with van der Waals surface area (Å²) >= 11 is 1.83. The van der Waals surface area contributed by atoms with Crippen molar-refractivity contribution >= 4 is 23.1 Å². The van der Waals surface area contributed by atoms with Gasteiger partial charge >= 0.3 is 6.18 Å². The van der Waals surface area contributed by atoms with Gasteiger partial charge in [0.05, 0.1) is 5.56 Å². The Kier molecular flexibility index (Phi) is 7.05. The predicted octanol–water partition coefficient (Wildman–Crippen LogP) is 4.62. The van der Waals surface area contributed by atoms with Crippen molar-refractivity contribution in [2.24, 2.45) is 0 Å². The summed E-state index contributed by atoms with van der Waals surface area (Å²) in [5.74, 6) is 1.17. The zero-order chi connectivity index (χ0) is 15.0. The first-order valence-electron chi connectivity index (χ1n) is 6.64. The highest BCUT2D eigenvalue weighted by molar-refractivity contribution is 7.98. The molecular weight excluding hydrogens is 285 g/mol. The summed E-state index contributed by atoms with van der Waals surface area (Å²) in [5.41, 5.74) is 4.81. The van der Waals surface area contributed by atoms with Gasteiger partial charge in [-0.1, -0.05) is 12.8 Å². The Balaban J connectivity index is 2.38. The van der Waals surface area contributed by atoms with Crippen molar-refractivity contribution in [1.29, 1.82) is 0 Å². The first kappa shape index (κ1) is 17.0. The molecule has 0 saturated carbocycles. The number of alkyl halides is 3. The molecule has 0 radical (unpaired) electrons. The second-order valence-electron chi connectivity index (χ2n) is 4.63. The van der Waals surface area contributed by atoms with E-state index < -0.39 is 11.7 Å². The molecule has 0 aliphatic rings. The number of hydrogen-bond donors (Lipinski definition) is 2. The highest BCUT2D eigenvalue weighted by atomic mass is 32.2. The zero-order valence-corrected chi connectivity index (χ0v) is 12.4. The molecule has 20 heavy (non-hydrogen) atoms. The lowest BCUT2D eigenvalue weighted by molar-refractivity contribution is -0.136. The van der Waals surface area contributed by atoms with Gasteiger partial charge in [-0.05, 0) is 43.0 Å². The first-order chi connectivity index (χ1) is 9.45. The molecule has 0 aliphatic carbocycles. The van der Waals surface area contributed by atoms with Crippen molar-refractivity contribution in [1.82, 2.24) is 0 Å². The number of halogens is 3. The predicted molar refractivity (Wildman–Crippen MR) is 81.2 cm³/mol. The van der Waals surface area contributed by atoms with E-state index in [1.54, 1.807) is 6.07 Å². The molecule has 0 fully saturated rings. The van der Waals surface area contributed by atoms with Crippen LogP contribution in [0.25, 0.3) is 0 Å². The molecule has 0 unspecified atom stereocenters. The fraction of sp³-hybridized carbons (Fsp3) is 0.571. The summed E-state index contributed by atoms with van der Waals surface area (Å²) < 4.78 is 38.0. The molecule has 0 aromatic heterocycles. The Hall–Kier alpha value is -1.04. The van der Waals surface area contributed by atoms with Crippen molar-refractivity contribution in [3.63, 3.8) is 0 Å². The number of nitrogens with two attached hydrogens (primary N) is 1. The van der Waals surface area contributed by atoms with Crippen LogP contribution in [0.5, 0.6) is 0 Å². The summed E-state index contributed by atoms with van der Waals surface area (Å²) in [6.45, 7) is 0.681. The van der Waals surface area contributed by atoms with Gasteiger partial charge < -0.3 is 11.1 Å². The van der Waals surface area contributed by atoms with E-state index in [1.807, 2.05) is 11.8 Å². The lowest BCUT2D eigenvalue weighted by Gasteiger charge is -2.13. The normalized spacial score (nSPS) is 11.6. The summed E-state index contributed by atoms with van der Waals surface area (Å²) in [4.78, 5) is 0. The Morgan fingerprint density at radius 1 is 1.15 bits per heavy atom. The molecule has 114 valence electrons. The van der Waals surface area contributed by atoms with Crippen molar-refractivity contribution < 1.29 is 13.2 Å². The van der Waals surface area contributed by atoms with E-state index in [1.165, 1.54) is 18.2 Å². The van der Waals surface area contributed by atoms with Crippen LogP contribution in [0.4, 0.5) is 24.5 Å². The van der Waals surface area contributed by atoms with E-state index in [4.69, 9.17) is 5.73 Å². The van der Waals surface area contributed by atoms with Gasteiger partial charge in [0.1, 0.15) is 0 Å². The van der Waals surface area contributed by atoms with Gasteiger partial charge in [-0.3, -0.25) is 0 Å². The van der Waals surface area contributed by atoms with Crippen LogP contribution in [0.3, 0.4) is 0 Å². The van der Waals surface area contributed by atoms with Gasteiger partial charge in [0, 0.05) is 17.9 Å². The Morgan fingerprint density at radius 3 is 2.50 bits per heavy atom. The monoisotopic (exact) mass is 306 g/mol. The molecule has 3 N–H and O–H groups in total. The Bertz CT molecular complexity index is 408. The number of nitrogen functional groups attached to an aromatic ring is 1. The van der Waals surface area contributed by atoms with Crippen LogP contribution in [-0.4, -0.2) is 18.6 Å². The van der Waals surface area contributed by atoms with Crippen LogP contribution < -0.4 is 11.1 Å². The Morgan fingerprint density at radius 2 is 1.85 bits per heavy atom. The molecule has 0 aliphatic heterocycles. The summed E-state index contributed by atoms with van der Waals surface area (Å²) in [6, 6.07) is 3.95. The third kappa shape index (κ3) is 5.94. The standard InChI is InChI=1S/C14H21F3N2S/c1-20-9-5-3-2-4-8-19-11-6-7-13(18)12(10-11)14(15,16)17/h6-7,10,19H,2-5,8-9,18H2,1H3. The van der Waals surface area contributed by atoms with Crippen molar-refractivity contribution in [2.45, 2.75) is 31.9 Å². The Labute approximate surface area is 122 Å². The molecule has 0 heterocycles. The summed E-state index contributed by atoms with van der Waals surface area (Å²) in [6.07, 6.45) is 2.09. The van der Waals surface area contributed by atoms with Gasteiger partial charge in [0.25, 0.3) is 0 Å².